The van der Waals surface area contributed by atoms with E-state index in [1.54, 1.807) is 18.2 Å². The molecular weight excluding hydrogens is 350 g/mol. The van der Waals surface area contributed by atoms with Gasteiger partial charge >= 0.3 is 0 Å². The predicted octanol–water partition coefficient (Wildman–Crippen LogP) is 4.30. The molecule has 7 heteroatoms. The van der Waals surface area contributed by atoms with Crippen LogP contribution in [0.1, 0.15) is 34.9 Å². The maximum absolute atomic E-state index is 12.2. The second-order valence-corrected chi connectivity index (χ2v) is 7.44. The molecule has 1 heterocycles. The van der Waals surface area contributed by atoms with Crippen LogP contribution in [0.3, 0.4) is 0 Å². The first-order valence-corrected chi connectivity index (χ1v) is 9.07. The smallest absolute Gasteiger partial charge is 0.269 e. The van der Waals surface area contributed by atoms with Crippen molar-refractivity contribution in [3.05, 3.63) is 62.0 Å². The summed E-state index contributed by atoms with van der Waals surface area (Å²) in [5.41, 5.74) is 2.34. The third-order valence-electron chi connectivity index (χ3n) is 4.39. The molecule has 26 heavy (non-hydrogen) atoms. The molecule has 132 valence electrons. The minimum Gasteiger partial charge on any atom is -0.313 e. The number of non-ortho nitro benzene ring substituents is 1. The number of nitro benzene ring substituents is 1. The summed E-state index contributed by atoms with van der Waals surface area (Å²) in [5, 5.41) is 23.5. The van der Waals surface area contributed by atoms with Crippen molar-refractivity contribution in [3.63, 3.8) is 0 Å². The molecule has 0 fully saturated rings. The zero-order valence-corrected chi connectivity index (χ0v) is 15.0. The first-order valence-electron chi connectivity index (χ1n) is 8.26. The summed E-state index contributed by atoms with van der Waals surface area (Å²) in [6.07, 6.45) is 5.84. The van der Waals surface area contributed by atoms with Crippen LogP contribution in [0.15, 0.2) is 30.3 Å². The van der Waals surface area contributed by atoms with Gasteiger partial charge in [0.05, 0.1) is 10.5 Å². The number of nitrogens with one attached hydrogen (secondary N) is 1. The highest BCUT2D eigenvalue weighted by atomic mass is 32.1. The Balaban J connectivity index is 1.72. The van der Waals surface area contributed by atoms with Gasteiger partial charge < -0.3 is 5.32 Å². The summed E-state index contributed by atoms with van der Waals surface area (Å²) in [4.78, 5) is 23.6. The van der Waals surface area contributed by atoms with Gasteiger partial charge in [-0.1, -0.05) is 6.92 Å². The first kappa shape index (κ1) is 17.8. The second-order valence-electron chi connectivity index (χ2n) is 6.34. The van der Waals surface area contributed by atoms with Crippen molar-refractivity contribution in [2.24, 2.45) is 5.92 Å². The van der Waals surface area contributed by atoms with Gasteiger partial charge in [-0.3, -0.25) is 14.9 Å². The van der Waals surface area contributed by atoms with Crippen molar-refractivity contribution >= 4 is 34.0 Å². The number of benzene rings is 1. The fraction of sp³-hybridized carbons (Fsp3) is 0.263. The molecule has 0 radical (unpaired) electrons. The largest absolute Gasteiger partial charge is 0.313 e. The minimum atomic E-state index is -0.469. The molecule has 3 rings (SSSR count). The third-order valence-corrected chi connectivity index (χ3v) is 5.56. The average Bonchev–Trinajstić information content (AvgIpc) is 2.96. The minimum absolute atomic E-state index is 0.00339. The highest BCUT2D eigenvalue weighted by molar-refractivity contribution is 7.16. The molecule has 1 aliphatic carbocycles. The normalized spacial score (nSPS) is 16.1. The van der Waals surface area contributed by atoms with Gasteiger partial charge in [0, 0.05) is 23.1 Å². The maximum Gasteiger partial charge on any atom is 0.269 e. The average molecular weight is 367 g/mol. The number of fused-ring (bicyclic) bond motifs is 1. The Hall–Kier alpha value is -2.98. The standard InChI is InChI=1S/C19H17N3O3S/c1-12-2-8-15-16(11-20)19(26-17(15)10-12)21-18(23)9-5-13-3-6-14(7-4-13)22(24)25/h3-7,9,12H,2,8,10H2,1H3,(H,21,23)/b9-5+/t12-/m1/s1. The van der Waals surface area contributed by atoms with Crippen molar-refractivity contribution in [2.75, 3.05) is 5.32 Å². The highest BCUT2D eigenvalue weighted by Crippen LogP contribution is 2.39. The number of amides is 1. The van der Waals surface area contributed by atoms with Crippen molar-refractivity contribution in [2.45, 2.75) is 26.2 Å². The van der Waals surface area contributed by atoms with Crippen LogP contribution in [0.5, 0.6) is 0 Å². The van der Waals surface area contributed by atoms with Gasteiger partial charge in [-0.05, 0) is 54.5 Å². The molecule has 1 aliphatic rings. The lowest BCUT2D eigenvalue weighted by atomic mass is 9.89. The number of nitrogens with zero attached hydrogens (tertiary/aromatic N) is 2. The van der Waals surface area contributed by atoms with Gasteiger partial charge in [0.15, 0.2) is 0 Å². The molecule has 0 saturated heterocycles. The fourth-order valence-corrected chi connectivity index (χ4v) is 4.35. The zero-order valence-electron chi connectivity index (χ0n) is 14.2. The lowest BCUT2D eigenvalue weighted by Gasteiger charge is -2.17. The van der Waals surface area contributed by atoms with Crippen LogP contribution >= 0.6 is 11.3 Å². The van der Waals surface area contributed by atoms with Gasteiger partial charge in [0.25, 0.3) is 5.69 Å². The molecule has 1 atom stereocenters. The van der Waals surface area contributed by atoms with E-state index in [1.165, 1.54) is 34.4 Å². The number of rotatable bonds is 4. The topological polar surface area (TPSA) is 96.0 Å². The summed E-state index contributed by atoms with van der Waals surface area (Å²) in [6.45, 7) is 2.19. The number of nitriles is 1. The van der Waals surface area contributed by atoms with Gasteiger partial charge in [0.1, 0.15) is 11.1 Å². The van der Waals surface area contributed by atoms with Gasteiger partial charge in [-0.2, -0.15) is 5.26 Å². The number of carbonyl (C=O) groups is 1. The summed E-state index contributed by atoms with van der Waals surface area (Å²) in [5.74, 6) is 0.268. The van der Waals surface area contributed by atoms with E-state index in [9.17, 15) is 20.2 Å². The van der Waals surface area contributed by atoms with Crippen LogP contribution < -0.4 is 5.32 Å². The highest BCUT2D eigenvalue weighted by Gasteiger charge is 2.24. The molecule has 0 bridgehead atoms. The molecule has 1 N–H and O–H groups in total. The van der Waals surface area contributed by atoms with Crippen molar-refractivity contribution in [1.29, 1.82) is 5.26 Å². The van der Waals surface area contributed by atoms with E-state index in [-0.39, 0.29) is 11.6 Å². The summed E-state index contributed by atoms with van der Waals surface area (Å²) in [7, 11) is 0. The Labute approximate surface area is 154 Å². The molecule has 6 nitrogen and oxygen atoms in total. The zero-order chi connectivity index (χ0) is 18.7. The Kier molecular flexibility index (Phi) is 5.14. The summed E-state index contributed by atoms with van der Waals surface area (Å²) in [6, 6.07) is 8.15. The Bertz CT molecular complexity index is 923. The summed E-state index contributed by atoms with van der Waals surface area (Å²) < 4.78 is 0. The molecule has 1 amide bonds. The molecule has 1 aromatic carbocycles. The van der Waals surface area contributed by atoms with E-state index >= 15 is 0 Å². The first-order chi connectivity index (χ1) is 12.5. The van der Waals surface area contributed by atoms with Crippen molar-refractivity contribution < 1.29 is 9.72 Å². The molecule has 0 unspecified atom stereocenters. The van der Waals surface area contributed by atoms with Crippen LogP contribution in [0.25, 0.3) is 6.08 Å². The Morgan fingerprint density at radius 1 is 1.42 bits per heavy atom. The number of carbonyl (C=O) groups excluding carboxylic acids is 1. The quantitative estimate of drug-likeness (QED) is 0.495. The lowest BCUT2D eigenvalue weighted by molar-refractivity contribution is -0.384. The van der Waals surface area contributed by atoms with Gasteiger partial charge in [-0.25, -0.2) is 0 Å². The molecule has 0 saturated carbocycles. The Morgan fingerprint density at radius 2 is 2.15 bits per heavy atom. The Morgan fingerprint density at radius 3 is 2.81 bits per heavy atom. The lowest BCUT2D eigenvalue weighted by Crippen LogP contribution is -2.10. The van der Waals surface area contributed by atoms with E-state index in [0.29, 0.717) is 22.0 Å². The van der Waals surface area contributed by atoms with E-state index in [1.807, 2.05) is 0 Å². The summed E-state index contributed by atoms with van der Waals surface area (Å²) >= 11 is 1.48. The van der Waals surface area contributed by atoms with E-state index in [2.05, 4.69) is 18.3 Å². The second kappa shape index (κ2) is 7.50. The number of thiophene rings is 1. The van der Waals surface area contributed by atoms with Crippen LogP contribution in [-0.4, -0.2) is 10.8 Å². The van der Waals surface area contributed by atoms with Gasteiger partial charge in [-0.15, -0.1) is 11.3 Å². The molecule has 1 aromatic heterocycles. The van der Waals surface area contributed by atoms with Crippen molar-refractivity contribution in [1.82, 2.24) is 0 Å². The van der Waals surface area contributed by atoms with Crippen LogP contribution in [0.4, 0.5) is 10.7 Å². The van der Waals surface area contributed by atoms with Crippen LogP contribution in [0, 0.1) is 27.4 Å². The van der Waals surface area contributed by atoms with E-state index in [4.69, 9.17) is 0 Å². The predicted molar refractivity (Wildman–Crippen MR) is 101 cm³/mol. The van der Waals surface area contributed by atoms with Crippen molar-refractivity contribution in [3.8, 4) is 6.07 Å². The fourth-order valence-electron chi connectivity index (χ4n) is 2.99. The molecule has 0 aliphatic heterocycles. The molecule has 2 aromatic rings. The number of hydrogen-bond donors (Lipinski definition) is 1. The van der Waals surface area contributed by atoms with Crippen LogP contribution in [-0.2, 0) is 17.6 Å². The SMILES string of the molecule is C[C@@H]1CCc2c(sc(NC(=O)/C=C/c3ccc([N+](=O)[O-])cc3)c2C#N)C1. The van der Waals surface area contributed by atoms with Gasteiger partial charge in [0.2, 0.25) is 5.91 Å². The monoisotopic (exact) mass is 367 g/mol. The van der Waals surface area contributed by atoms with E-state index in [0.717, 1.165) is 24.8 Å². The molecular formula is C19H17N3O3S. The third kappa shape index (κ3) is 3.81. The maximum atomic E-state index is 12.2. The molecule has 0 spiro atoms. The number of anilines is 1. The van der Waals surface area contributed by atoms with E-state index < -0.39 is 4.92 Å². The van der Waals surface area contributed by atoms with Crippen LogP contribution in [0.2, 0.25) is 0 Å². The number of nitro groups is 1. The number of hydrogen-bond acceptors (Lipinski definition) is 5.